The molecule has 0 bridgehead atoms. The van der Waals surface area contributed by atoms with E-state index in [4.69, 9.17) is 5.73 Å². The SMILES string of the molecule is NC1C(O)=CC=CC1=Cc1ccsc1. The topological polar surface area (TPSA) is 46.2 Å². The van der Waals surface area contributed by atoms with Gasteiger partial charge in [0, 0.05) is 0 Å². The van der Waals surface area contributed by atoms with Crippen LogP contribution < -0.4 is 5.73 Å². The number of rotatable bonds is 1. The van der Waals surface area contributed by atoms with Crippen LogP contribution in [0.1, 0.15) is 5.56 Å². The molecule has 0 saturated carbocycles. The predicted molar refractivity (Wildman–Crippen MR) is 60.1 cm³/mol. The second-order valence-corrected chi connectivity index (χ2v) is 3.91. The zero-order valence-corrected chi connectivity index (χ0v) is 8.37. The summed E-state index contributed by atoms with van der Waals surface area (Å²) >= 11 is 1.64. The third-order valence-electron chi connectivity index (χ3n) is 2.11. The Hall–Kier alpha value is -1.32. The first-order valence-electron chi connectivity index (χ1n) is 4.34. The fraction of sp³-hybridized carbons (Fsp3) is 0.0909. The van der Waals surface area contributed by atoms with E-state index in [1.807, 2.05) is 29.0 Å². The molecule has 3 heteroatoms. The average molecular weight is 205 g/mol. The van der Waals surface area contributed by atoms with Gasteiger partial charge < -0.3 is 10.8 Å². The zero-order valence-electron chi connectivity index (χ0n) is 7.55. The molecule has 2 nitrogen and oxygen atoms in total. The van der Waals surface area contributed by atoms with Crippen molar-refractivity contribution in [2.45, 2.75) is 6.04 Å². The molecule has 0 radical (unpaired) electrons. The molecule has 0 saturated heterocycles. The molecule has 1 heterocycles. The quantitative estimate of drug-likeness (QED) is 0.739. The first-order valence-corrected chi connectivity index (χ1v) is 5.28. The maximum atomic E-state index is 9.42. The number of aliphatic hydroxyl groups excluding tert-OH is 1. The molecule has 0 amide bonds. The summed E-state index contributed by atoms with van der Waals surface area (Å²) < 4.78 is 0. The number of thiophene rings is 1. The summed E-state index contributed by atoms with van der Waals surface area (Å²) in [5.74, 6) is 0.217. The molecular formula is C11H11NOS. The molecule has 1 unspecified atom stereocenters. The number of nitrogens with two attached hydrogens (primary N) is 1. The van der Waals surface area contributed by atoms with E-state index in [0.717, 1.165) is 11.1 Å². The maximum Gasteiger partial charge on any atom is 0.113 e. The Bertz CT molecular complexity index is 401. The number of hydrogen-bond acceptors (Lipinski definition) is 3. The van der Waals surface area contributed by atoms with Crippen molar-refractivity contribution in [1.82, 2.24) is 0 Å². The third-order valence-corrected chi connectivity index (χ3v) is 2.81. The summed E-state index contributed by atoms with van der Waals surface area (Å²) in [5.41, 5.74) is 7.86. The summed E-state index contributed by atoms with van der Waals surface area (Å²) in [4.78, 5) is 0. The van der Waals surface area contributed by atoms with E-state index in [1.54, 1.807) is 23.5 Å². The Morgan fingerprint density at radius 3 is 3.07 bits per heavy atom. The highest BCUT2D eigenvalue weighted by atomic mass is 32.1. The van der Waals surface area contributed by atoms with Crippen molar-refractivity contribution >= 4 is 17.4 Å². The van der Waals surface area contributed by atoms with Crippen molar-refractivity contribution in [1.29, 1.82) is 0 Å². The molecule has 2 rings (SSSR count). The van der Waals surface area contributed by atoms with Gasteiger partial charge >= 0.3 is 0 Å². The van der Waals surface area contributed by atoms with Gasteiger partial charge in [0.05, 0.1) is 6.04 Å². The number of hydrogen-bond donors (Lipinski definition) is 2. The second-order valence-electron chi connectivity index (χ2n) is 3.13. The Kier molecular flexibility index (Phi) is 2.52. The molecule has 1 aromatic rings. The summed E-state index contributed by atoms with van der Waals surface area (Å²) in [5, 5.41) is 13.5. The van der Waals surface area contributed by atoms with Crippen molar-refractivity contribution in [2.75, 3.05) is 0 Å². The van der Waals surface area contributed by atoms with E-state index in [0.29, 0.717) is 0 Å². The molecule has 72 valence electrons. The molecule has 0 aliphatic heterocycles. The summed E-state index contributed by atoms with van der Waals surface area (Å²) in [6, 6.07) is 1.63. The van der Waals surface area contributed by atoms with Crippen LogP contribution in [0.15, 0.2) is 46.4 Å². The van der Waals surface area contributed by atoms with Gasteiger partial charge in [-0.15, -0.1) is 0 Å². The Labute approximate surface area is 86.7 Å². The van der Waals surface area contributed by atoms with Gasteiger partial charge in [0.1, 0.15) is 5.76 Å². The molecule has 1 atom stereocenters. The Balaban J connectivity index is 2.28. The highest BCUT2D eigenvalue weighted by molar-refractivity contribution is 7.08. The van der Waals surface area contributed by atoms with Crippen molar-refractivity contribution < 1.29 is 5.11 Å². The normalized spacial score (nSPS) is 23.9. The summed E-state index contributed by atoms with van der Waals surface area (Å²) in [6.45, 7) is 0. The van der Waals surface area contributed by atoms with E-state index >= 15 is 0 Å². The molecular weight excluding hydrogens is 194 g/mol. The lowest BCUT2D eigenvalue weighted by Gasteiger charge is -2.15. The van der Waals surface area contributed by atoms with Crippen LogP contribution in [0.25, 0.3) is 6.08 Å². The second kappa shape index (κ2) is 3.82. The van der Waals surface area contributed by atoms with Gasteiger partial charge in [-0.3, -0.25) is 0 Å². The van der Waals surface area contributed by atoms with Crippen LogP contribution in [-0.2, 0) is 0 Å². The molecule has 1 aliphatic rings. The predicted octanol–water partition coefficient (Wildman–Crippen LogP) is 2.47. The molecule has 14 heavy (non-hydrogen) atoms. The maximum absolute atomic E-state index is 9.42. The average Bonchev–Trinajstić information content (AvgIpc) is 2.66. The standard InChI is InChI=1S/C11H11NOS/c12-11-9(2-1-3-10(11)13)6-8-4-5-14-7-8/h1-7,11,13H,12H2. The molecule has 0 fully saturated rings. The molecule has 1 aliphatic carbocycles. The minimum atomic E-state index is -0.389. The van der Waals surface area contributed by atoms with Crippen LogP contribution in [0.5, 0.6) is 0 Å². The summed E-state index contributed by atoms with van der Waals surface area (Å²) in [7, 11) is 0. The van der Waals surface area contributed by atoms with Gasteiger partial charge in [-0.1, -0.05) is 12.2 Å². The van der Waals surface area contributed by atoms with Crippen LogP contribution >= 0.6 is 11.3 Å². The van der Waals surface area contributed by atoms with Gasteiger partial charge in [-0.2, -0.15) is 11.3 Å². The minimum absolute atomic E-state index is 0.217. The minimum Gasteiger partial charge on any atom is -0.510 e. The van der Waals surface area contributed by atoms with Crippen LogP contribution in [0.4, 0.5) is 0 Å². The van der Waals surface area contributed by atoms with Crippen LogP contribution in [0, 0.1) is 0 Å². The van der Waals surface area contributed by atoms with Crippen molar-refractivity contribution in [3.63, 3.8) is 0 Å². The molecule has 0 aromatic carbocycles. The van der Waals surface area contributed by atoms with Crippen molar-refractivity contribution in [2.24, 2.45) is 5.73 Å². The highest BCUT2D eigenvalue weighted by Gasteiger charge is 2.13. The van der Waals surface area contributed by atoms with Gasteiger partial charge in [0.25, 0.3) is 0 Å². The van der Waals surface area contributed by atoms with Crippen LogP contribution in [0.3, 0.4) is 0 Å². The third kappa shape index (κ3) is 1.78. The lowest BCUT2D eigenvalue weighted by atomic mass is 9.99. The lowest BCUT2D eigenvalue weighted by Crippen LogP contribution is -2.25. The Morgan fingerprint density at radius 2 is 2.36 bits per heavy atom. The highest BCUT2D eigenvalue weighted by Crippen LogP contribution is 2.19. The smallest absolute Gasteiger partial charge is 0.113 e. The van der Waals surface area contributed by atoms with Gasteiger partial charge in [0.15, 0.2) is 0 Å². The first kappa shape index (κ1) is 9.24. The number of allylic oxidation sites excluding steroid dienone is 2. The van der Waals surface area contributed by atoms with Crippen LogP contribution in [0.2, 0.25) is 0 Å². The van der Waals surface area contributed by atoms with Crippen molar-refractivity contribution in [3.05, 3.63) is 52.0 Å². The summed E-state index contributed by atoms with van der Waals surface area (Å²) in [6.07, 6.45) is 7.33. The van der Waals surface area contributed by atoms with Crippen LogP contribution in [-0.4, -0.2) is 11.1 Å². The lowest BCUT2D eigenvalue weighted by molar-refractivity contribution is 0.380. The van der Waals surface area contributed by atoms with E-state index < -0.39 is 0 Å². The Morgan fingerprint density at radius 1 is 1.50 bits per heavy atom. The zero-order chi connectivity index (χ0) is 9.97. The van der Waals surface area contributed by atoms with E-state index in [1.165, 1.54) is 0 Å². The number of aliphatic hydroxyl groups is 1. The largest absolute Gasteiger partial charge is 0.510 e. The molecule has 1 aromatic heterocycles. The monoisotopic (exact) mass is 205 g/mol. The van der Waals surface area contributed by atoms with Gasteiger partial charge in [0.2, 0.25) is 0 Å². The molecule has 3 N–H and O–H groups in total. The van der Waals surface area contributed by atoms with Gasteiger partial charge in [-0.25, -0.2) is 0 Å². The first-order chi connectivity index (χ1) is 6.77. The fourth-order valence-corrected chi connectivity index (χ4v) is 1.94. The fourth-order valence-electron chi connectivity index (χ4n) is 1.32. The van der Waals surface area contributed by atoms with Crippen molar-refractivity contribution in [3.8, 4) is 0 Å². The van der Waals surface area contributed by atoms with E-state index in [2.05, 4.69) is 0 Å². The van der Waals surface area contributed by atoms with E-state index in [9.17, 15) is 5.11 Å². The molecule has 0 spiro atoms. The van der Waals surface area contributed by atoms with Gasteiger partial charge in [-0.05, 0) is 40.1 Å². The van der Waals surface area contributed by atoms with E-state index in [-0.39, 0.29) is 11.8 Å².